The average Bonchev–Trinajstić information content (AvgIpc) is 2.53. The van der Waals surface area contributed by atoms with Gasteiger partial charge in [0.1, 0.15) is 5.75 Å². The molecule has 0 heterocycles. The van der Waals surface area contributed by atoms with Crippen molar-refractivity contribution >= 4 is 23.7 Å². The Kier molecular flexibility index (Phi) is 7.60. The normalized spacial score (nSPS) is 11.2. The third-order valence-electron chi connectivity index (χ3n) is 3.61. The fraction of sp³-hybridized carbons (Fsp3) is 0.556. The van der Waals surface area contributed by atoms with E-state index in [9.17, 15) is 14.7 Å². The summed E-state index contributed by atoms with van der Waals surface area (Å²) in [7, 11) is 2.72. The summed E-state index contributed by atoms with van der Waals surface area (Å²) < 4.78 is 9.31. The van der Waals surface area contributed by atoms with Crippen molar-refractivity contribution < 1.29 is 24.2 Å². The highest BCUT2D eigenvalue weighted by Gasteiger charge is 2.21. The number of hydrogen-bond donors (Lipinski definition) is 1. The molecule has 1 rings (SSSR count). The number of carbonyl (C=O) groups is 2. The molecule has 0 atom stereocenters. The van der Waals surface area contributed by atoms with Gasteiger partial charge in [-0.05, 0) is 23.0 Å². The van der Waals surface area contributed by atoms with Crippen LogP contribution in [0.1, 0.15) is 43.9 Å². The lowest BCUT2D eigenvalue weighted by Gasteiger charge is -2.23. The Morgan fingerprint density at radius 1 is 1.12 bits per heavy atom. The van der Waals surface area contributed by atoms with Gasteiger partial charge in [-0.3, -0.25) is 9.59 Å². The number of rotatable bonds is 7. The number of phenols is 1. The third kappa shape index (κ3) is 6.07. The van der Waals surface area contributed by atoms with Crippen molar-refractivity contribution in [1.82, 2.24) is 0 Å². The second-order valence-electron chi connectivity index (χ2n) is 6.55. The summed E-state index contributed by atoms with van der Waals surface area (Å²) in [5, 5.41) is 10.6. The van der Waals surface area contributed by atoms with Gasteiger partial charge in [-0.25, -0.2) is 0 Å². The Morgan fingerprint density at radius 2 is 1.75 bits per heavy atom. The number of hydrogen-bond acceptors (Lipinski definition) is 6. The molecule has 0 spiro atoms. The van der Waals surface area contributed by atoms with Crippen LogP contribution in [0.4, 0.5) is 0 Å². The molecule has 0 aliphatic carbocycles. The van der Waals surface area contributed by atoms with Crippen molar-refractivity contribution in [1.29, 1.82) is 0 Å². The summed E-state index contributed by atoms with van der Waals surface area (Å²) in [5.41, 5.74) is 2.33. The number of thioether (sulfide) groups is 1. The summed E-state index contributed by atoms with van der Waals surface area (Å²) in [5.74, 6) is 0.421. The van der Waals surface area contributed by atoms with E-state index in [0.717, 1.165) is 16.7 Å². The summed E-state index contributed by atoms with van der Waals surface area (Å²) in [4.78, 5) is 22.6. The fourth-order valence-electron chi connectivity index (χ4n) is 2.24. The molecule has 1 N–H and O–H groups in total. The van der Waals surface area contributed by atoms with Crippen molar-refractivity contribution in [3.8, 4) is 5.75 Å². The number of methoxy groups -OCH3 is 2. The minimum atomic E-state index is -0.294. The molecule has 0 radical (unpaired) electrons. The zero-order chi connectivity index (χ0) is 18.3. The summed E-state index contributed by atoms with van der Waals surface area (Å²) in [6.45, 7) is 6.08. The highest BCUT2D eigenvalue weighted by atomic mass is 32.2. The standard InChI is InChI=1S/C18H26O5S/c1-18(2,3)14-9-12(6-7-15(19)22-4)8-13(17(14)21)10-24-11-16(20)23-5/h8-9,21H,6-7,10-11H2,1-5H3. The first-order chi connectivity index (χ1) is 11.2. The van der Waals surface area contributed by atoms with Gasteiger partial charge in [0, 0.05) is 17.7 Å². The van der Waals surface area contributed by atoms with Crippen molar-refractivity contribution in [3.63, 3.8) is 0 Å². The van der Waals surface area contributed by atoms with Gasteiger partial charge >= 0.3 is 11.9 Å². The van der Waals surface area contributed by atoms with Crippen LogP contribution in [0.5, 0.6) is 5.75 Å². The molecular formula is C18H26O5S. The Balaban J connectivity index is 3.02. The van der Waals surface area contributed by atoms with Crippen LogP contribution in [0.2, 0.25) is 0 Å². The molecule has 0 saturated heterocycles. The monoisotopic (exact) mass is 354 g/mol. The maximum absolute atomic E-state index is 11.4. The first-order valence-electron chi connectivity index (χ1n) is 7.75. The first kappa shape index (κ1) is 20.4. The second kappa shape index (κ2) is 8.97. The molecule has 0 aromatic heterocycles. The fourth-order valence-corrected chi connectivity index (χ4v) is 3.06. The Hall–Kier alpha value is -1.69. The molecule has 0 amide bonds. The largest absolute Gasteiger partial charge is 0.507 e. The van der Waals surface area contributed by atoms with E-state index >= 15 is 0 Å². The molecule has 24 heavy (non-hydrogen) atoms. The highest BCUT2D eigenvalue weighted by molar-refractivity contribution is 7.99. The topological polar surface area (TPSA) is 72.8 Å². The average molecular weight is 354 g/mol. The van der Waals surface area contributed by atoms with E-state index in [4.69, 9.17) is 0 Å². The van der Waals surface area contributed by atoms with Gasteiger partial charge in [0.25, 0.3) is 0 Å². The number of phenolic OH excluding ortho intramolecular Hbond substituents is 1. The maximum atomic E-state index is 11.4. The van der Waals surface area contributed by atoms with Gasteiger partial charge in [0.15, 0.2) is 0 Å². The molecule has 0 aliphatic heterocycles. The van der Waals surface area contributed by atoms with E-state index < -0.39 is 0 Å². The number of esters is 2. The lowest BCUT2D eigenvalue weighted by molar-refractivity contribution is -0.140. The molecule has 134 valence electrons. The van der Waals surface area contributed by atoms with Gasteiger partial charge in [-0.15, -0.1) is 11.8 Å². The van der Waals surface area contributed by atoms with Crippen LogP contribution in [0.3, 0.4) is 0 Å². The molecule has 0 bridgehead atoms. The van der Waals surface area contributed by atoms with Crippen molar-refractivity contribution in [2.45, 2.75) is 44.8 Å². The van der Waals surface area contributed by atoms with E-state index in [-0.39, 0.29) is 28.9 Å². The number of ether oxygens (including phenoxy) is 2. The zero-order valence-electron chi connectivity index (χ0n) is 15.0. The Labute approximate surface area is 147 Å². The molecule has 6 heteroatoms. The van der Waals surface area contributed by atoms with Crippen LogP contribution < -0.4 is 0 Å². The minimum Gasteiger partial charge on any atom is -0.507 e. The molecule has 0 unspecified atom stereocenters. The molecule has 5 nitrogen and oxygen atoms in total. The van der Waals surface area contributed by atoms with E-state index in [2.05, 4.69) is 9.47 Å². The molecule has 0 fully saturated rings. The number of aryl methyl sites for hydroxylation is 1. The predicted molar refractivity (Wildman–Crippen MR) is 95.3 cm³/mol. The van der Waals surface area contributed by atoms with Crippen molar-refractivity contribution in [3.05, 3.63) is 28.8 Å². The van der Waals surface area contributed by atoms with Crippen molar-refractivity contribution in [2.24, 2.45) is 0 Å². The lowest BCUT2D eigenvalue weighted by Crippen LogP contribution is -2.13. The maximum Gasteiger partial charge on any atom is 0.315 e. The SMILES string of the molecule is COC(=O)CCc1cc(CSCC(=O)OC)c(O)c(C(C)(C)C)c1. The molecule has 0 aliphatic rings. The summed E-state index contributed by atoms with van der Waals surface area (Å²) in [6.07, 6.45) is 0.838. The predicted octanol–water partition coefficient (Wildman–Crippen LogP) is 3.20. The van der Waals surface area contributed by atoms with E-state index in [1.807, 2.05) is 32.9 Å². The quantitative estimate of drug-likeness (QED) is 0.758. The van der Waals surface area contributed by atoms with Crippen LogP contribution >= 0.6 is 11.8 Å². The molecule has 1 aromatic rings. The van der Waals surface area contributed by atoms with Crippen LogP contribution in [0, 0.1) is 0 Å². The first-order valence-corrected chi connectivity index (χ1v) is 8.91. The lowest BCUT2D eigenvalue weighted by atomic mass is 9.83. The summed E-state index contributed by atoms with van der Waals surface area (Å²) in [6, 6.07) is 3.82. The van der Waals surface area contributed by atoms with Crippen LogP contribution in [-0.4, -0.2) is 37.0 Å². The van der Waals surface area contributed by atoms with E-state index in [0.29, 0.717) is 18.6 Å². The van der Waals surface area contributed by atoms with Crippen LogP contribution in [-0.2, 0) is 36.7 Å². The number of carbonyl (C=O) groups excluding carboxylic acids is 2. The number of aromatic hydroxyl groups is 1. The molecule has 0 saturated carbocycles. The zero-order valence-corrected chi connectivity index (χ0v) is 15.8. The highest BCUT2D eigenvalue weighted by Crippen LogP contribution is 2.36. The van der Waals surface area contributed by atoms with E-state index in [1.54, 1.807) is 0 Å². The Bertz CT molecular complexity index is 590. The molecule has 1 aromatic carbocycles. The van der Waals surface area contributed by atoms with Crippen molar-refractivity contribution in [2.75, 3.05) is 20.0 Å². The van der Waals surface area contributed by atoms with E-state index in [1.165, 1.54) is 26.0 Å². The van der Waals surface area contributed by atoms with Gasteiger partial charge in [0.2, 0.25) is 0 Å². The van der Waals surface area contributed by atoms with Gasteiger partial charge in [0.05, 0.1) is 20.0 Å². The third-order valence-corrected chi connectivity index (χ3v) is 4.56. The van der Waals surface area contributed by atoms with Gasteiger partial charge in [-0.2, -0.15) is 0 Å². The van der Waals surface area contributed by atoms with Gasteiger partial charge in [-0.1, -0.05) is 32.9 Å². The minimum absolute atomic E-state index is 0.229. The molecular weight excluding hydrogens is 328 g/mol. The Morgan fingerprint density at radius 3 is 2.29 bits per heavy atom. The van der Waals surface area contributed by atoms with Crippen LogP contribution in [0.25, 0.3) is 0 Å². The summed E-state index contributed by atoms with van der Waals surface area (Å²) >= 11 is 1.38. The van der Waals surface area contributed by atoms with Crippen LogP contribution in [0.15, 0.2) is 12.1 Å². The number of benzene rings is 1. The smallest absolute Gasteiger partial charge is 0.315 e. The second-order valence-corrected chi connectivity index (χ2v) is 7.53. The van der Waals surface area contributed by atoms with Gasteiger partial charge < -0.3 is 14.6 Å².